The number of nitrogens with zero attached hydrogens (tertiary/aromatic N) is 1. The maximum atomic E-state index is 12.8. The van der Waals surface area contributed by atoms with E-state index in [0.717, 1.165) is 49.2 Å². The van der Waals surface area contributed by atoms with Gasteiger partial charge in [-0.25, -0.2) is 0 Å². The molecule has 1 unspecified atom stereocenters. The molecule has 2 N–H and O–H groups in total. The molecule has 0 amide bonds. The first-order valence-electron chi connectivity index (χ1n) is 9.41. The summed E-state index contributed by atoms with van der Waals surface area (Å²) in [6, 6.07) is 15.0. The van der Waals surface area contributed by atoms with Crippen LogP contribution in [0, 0.1) is 5.92 Å². The maximum absolute atomic E-state index is 12.8. The SMILES string of the molecule is O=C1c2ccc(O)cc2CCC1CN1CCC(O)(c2ccccc2)CC1. The van der Waals surface area contributed by atoms with E-state index in [9.17, 15) is 15.0 Å². The molecule has 0 spiro atoms. The number of phenols is 1. The summed E-state index contributed by atoms with van der Waals surface area (Å²) in [4.78, 5) is 15.1. The van der Waals surface area contributed by atoms with E-state index in [-0.39, 0.29) is 17.5 Å². The van der Waals surface area contributed by atoms with Gasteiger partial charge in [0.15, 0.2) is 5.78 Å². The van der Waals surface area contributed by atoms with E-state index >= 15 is 0 Å². The van der Waals surface area contributed by atoms with Crippen molar-refractivity contribution in [2.24, 2.45) is 5.92 Å². The number of likely N-dealkylation sites (tertiary alicyclic amines) is 1. The van der Waals surface area contributed by atoms with E-state index in [2.05, 4.69) is 4.90 Å². The van der Waals surface area contributed by atoms with Crippen molar-refractivity contribution in [3.8, 4) is 5.75 Å². The second kappa shape index (κ2) is 6.86. The van der Waals surface area contributed by atoms with Gasteiger partial charge in [0.2, 0.25) is 0 Å². The Morgan fingerprint density at radius 3 is 2.54 bits per heavy atom. The first-order valence-corrected chi connectivity index (χ1v) is 9.41. The Bertz CT molecular complexity index is 794. The third-order valence-corrected chi connectivity index (χ3v) is 5.96. The smallest absolute Gasteiger partial charge is 0.167 e. The number of hydrogen-bond acceptors (Lipinski definition) is 4. The molecule has 1 aliphatic heterocycles. The lowest BCUT2D eigenvalue weighted by Crippen LogP contribution is -2.45. The fourth-order valence-electron chi connectivity index (χ4n) is 4.34. The van der Waals surface area contributed by atoms with Gasteiger partial charge in [0.25, 0.3) is 0 Å². The lowest BCUT2D eigenvalue weighted by Gasteiger charge is -2.40. The predicted molar refractivity (Wildman–Crippen MR) is 100 cm³/mol. The van der Waals surface area contributed by atoms with Crippen molar-refractivity contribution in [2.45, 2.75) is 31.3 Å². The van der Waals surface area contributed by atoms with Crippen LogP contribution in [0.4, 0.5) is 0 Å². The van der Waals surface area contributed by atoms with E-state index in [1.807, 2.05) is 30.3 Å². The molecule has 0 radical (unpaired) electrons. The van der Waals surface area contributed by atoms with Gasteiger partial charge in [0.1, 0.15) is 5.75 Å². The lowest BCUT2D eigenvalue weighted by molar-refractivity contribution is -0.0283. The molecule has 1 fully saturated rings. The normalized spacial score (nSPS) is 22.8. The fraction of sp³-hybridized carbons (Fsp3) is 0.409. The molecule has 26 heavy (non-hydrogen) atoms. The number of carbonyl (C=O) groups is 1. The largest absolute Gasteiger partial charge is 0.508 e. The maximum Gasteiger partial charge on any atom is 0.167 e. The molecule has 136 valence electrons. The van der Waals surface area contributed by atoms with Gasteiger partial charge >= 0.3 is 0 Å². The molecular formula is C22H25NO3. The average Bonchev–Trinajstić information content (AvgIpc) is 2.66. The number of aromatic hydroxyl groups is 1. The minimum atomic E-state index is -0.752. The van der Waals surface area contributed by atoms with Crippen molar-refractivity contribution in [1.82, 2.24) is 4.90 Å². The zero-order valence-corrected chi connectivity index (χ0v) is 14.9. The summed E-state index contributed by atoms with van der Waals surface area (Å²) < 4.78 is 0. The number of fused-ring (bicyclic) bond motifs is 1. The van der Waals surface area contributed by atoms with E-state index in [4.69, 9.17) is 0 Å². The lowest BCUT2D eigenvalue weighted by atomic mass is 9.81. The Hall–Kier alpha value is -2.17. The summed E-state index contributed by atoms with van der Waals surface area (Å²) in [6.07, 6.45) is 3.06. The highest BCUT2D eigenvalue weighted by atomic mass is 16.3. The number of Topliss-reactive ketones (excluding diaryl/α,β-unsaturated/α-hetero) is 1. The summed E-state index contributed by atoms with van der Waals surface area (Å²) >= 11 is 0. The van der Waals surface area contributed by atoms with Crippen LogP contribution in [-0.2, 0) is 12.0 Å². The number of hydrogen-bond donors (Lipinski definition) is 2. The summed E-state index contributed by atoms with van der Waals surface area (Å²) in [6.45, 7) is 2.36. The number of benzene rings is 2. The van der Waals surface area contributed by atoms with Crippen LogP contribution in [0.3, 0.4) is 0 Å². The van der Waals surface area contributed by atoms with Gasteiger partial charge in [-0.1, -0.05) is 30.3 Å². The number of piperidine rings is 1. The van der Waals surface area contributed by atoms with Gasteiger partial charge in [-0.2, -0.15) is 0 Å². The number of aliphatic hydroxyl groups is 1. The van der Waals surface area contributed by atoms with Crippen LogP contribution in [-0.4, -0.2) is 40.5 Å². The number of carbonyl (C=O) groups excluding carboxylic acids is 1. The zero-order chi connectivity index (χ0) is 18.1. The Kier molecular flexibility index (Phi) is 4.55. The van der Waals surface area contributed by atoms with Crippen molar-refractivity contribution in [3.63, 3.8) is 0 Å². The van der Waals surface area contributed by atoms with E-state index in [0.29, 0.717) is 12.8 Å². The quantitative estimate of drug-likeness (QED) is 0.892. The molecule has 4 nitrogen and oxygen atoms in total. The van der Waals surface area contributed by atoms with Crippen LogP contribution >= 0.6 is 0 Å². The van der Waals surface area contributed by atoms with Crippen molar-refractivity contribution >= 4 is 5.78 Å². The van der Waals surface area contributed by atoms with Crippen LogP contribution < -0.4 is 0 Å². The third-order valence-electron chi connectivity index (χ3n) is 5.96. The fourth-order valence-corrected chi connectivity index (χ4v) is 4.34. The Morgan fingerprint density at radius 1 is 1.08 bits per heavy atom. The number of phenolic OH excluding ortho intramolecular Hbond substituents is 1. The van der Waals surface area contributed by atoms with Gasteiger partial charge in [-0.3, -0.25) is 4.79 Å². The van der Waals surface area contributed by atoms with Gasteiger partial charge < -0.3 is 15.1 Å². The number of aryl methyl sites for hydroxylation is 1. The first-order chi connectivity index (χ1) is 12.5. The number of ketones is 1. The van der Waals surface area contributed by atoms with Crippen LogP contribution in [0.25, 0.3) is 0 Å². The molecule has 4 rings (SSSR count). The highest BCUT2D eigenvalue weighted by molar-refractivity contribution is 6.00. The molecule has 4 heteroatoms. The minimum Gasteiger partial charge on any atom is -0.508 e. The molecule has 0 bridgehead atoms. The Balaban J connectivity index is 1.39. The molecule has 0 aromatic heterocycles. The van der Waals surface area contributed by atoms with Crippen LogP contribution in [0.1, 0.15) is 40.7 Å². The molecule has 2 aromatic carbocycles. The average molecular weight is 351 g/mol. The van der Waals surface area contributed by atoms with Crippen molar-refractivity contribution < 1.29 is 15.0 Å². The minimum absolute atomic E-state index is 0.00922. The van der Waals surface area contributed by atoms with Gasteiger partial charge in [0.05, 0.1) is 5.60 Å². The van der Waals surface area contributed by atoms with E-state index < -0.39 is 5.60 Å². The summed E-state index contributed by atoms with van der Waals surface area (Å²) in [5.41, 5.74) is 1.96. The molecule has 1 aliphatic carbocycles. The van der Waals surface area contributed by atoms with Crippen LogP contribution in [0.2, 0.25) is 0 Å². The molecule has 2 aliphatic rings. The van der Waals surface area contributed by atoms with Gasteiger partial charge in [-0.15, -0.1) is 0 Å². The highest BCUT2D eigenvalue weighted by Gasteiger charge is 2.36. The summed E-state index contributed by atoms with van der Waals surface area (Å²) in [5, 5.41) is 20.6. The van der Waals surface area contributed by atoms with Gasteiger partial charge in [0, 0.05) is 31.1 Å². The molecule has 1 atom stereocenters. The van der Waals surface area contributed by atoms with Crippen molar-refractivity contribution in [3.05, 3.63) is 65.2 Å². The summed E-state index contributed by atoms with van der Waals surface area (Å²) in [5.74, 6) is 0.427. The standard InChI is InChI=1S/C22H25NO3/c24-19-8-9-20-16(14-19)6-7-17(21(20)25)15-23-12-10-22(26,11-13-23)18-4-2-1-3-5-18/h1-5,8-9,14,17,24,26H,6-7,10-13,15H2. The molecular weight excluding hydrogens is 326 g/mol. The second-order valence-corrected chi connectivity index (χ2v) is 7.64. The third kappa shape index (κ3) is 3.27. The molecule has 1 heterocycles. The van der Waals surface area contributed by atoms with Crippen LogP contribution in [0.5, 0.6) is 5.75 Å². The Morgan fingerprint density at radius 2 is 1.81 bits per heavy atom. The van der Waals surface area contributed by atoms with Crippen LogP contribution in [0.15, 0.2) is 48.5 Å². The second-order valence-electron chi connectivity index (χ2n) is 7.64. The van der Waals surface area contributed by atoms with E-state index in [1.54, 1.807) is 18.2 Å². The zero-order valence-electron chi connectivity index (χ0n) is 14.9. The summed E-state index contributed by atoms with van der Waals surface area (Å²) in [7, 11) is 0. The predicted octanol–water partition coefficient (Wildman–Crippen LogP) is 3.12. The monoisotopic (exact) mass is 351 g/mol. The molecule has 2 aromatic rings. The van der Waals surface area contributed by atoms with E-state index in [1.165, 1.54) is 0 Å². The van der Waals surface area contributed by atoms with Crippen molar-refractivity contribution in [1.29, 1.82) is 0 Å². The first kappa shape index (κ1) is 17.3. The topological polar surface area (TPSA) is 60.8 Å². The molecule has 0 saturated carbocycles. The Labute approximate surface area is 154 Å². The van der Waals surface area contributed by atoms with Gasteiger partial charge in [-0.05, 0) is 55.0 Å². The molecule has 1 saturated heterocycles. The van der Waals surface area contributed by atoms with Crippen molar-refractivity contribution in [2.75, 3.05) is 19.6 Å². The highest BCUT2D eigenvalue weighted by Crippen LogP contribution is 2.34. The number of rotatable bonds is 3.